The van der Waals surface area contributed by atoms with Crippen LogP contribution in [0, 0.1) is 0 Å². The first kappa shape index (κ1) is 13.9. The molecular weight excluding hydrogens is 254 g/mol. The van der Waals surface area contributed by atoms with Crippen LogP contribution in [0.15, 0.2) is 53.9 Å². The van der Waals surface area contributed by atoms with Gasteiger partial charge in [0.2, 0.25) is 0 Å². The zero-order valence-corrected chi connectivity index (χ0v) is 11.1. The second-order valence-corrected chi connectivity index (χ2v) is 4.37. The van der Waals surface area contributed by atoms with Crippen LogP contribution in [0.3, 0.4) is 0 Å². The molecule has 2 rings (SSSR count). The van der Waals surface area contributed by atoms with Gasteiger partial charge in [-0.2, -0.15) is 0 Å². The Balaban J connectivity index is 1.82. The van der Waals surface area contributed by atoms with E-state index < -0.39 is 0 Å². The molecule has 0 saturated carbocycles. The van der Waals surface area contributed by atoms with Crippen molar-refractivity contribution in [1.82, 2.24) is 4.98 Å². The van der Waals surface area contributed by atoms with Crippen LogP contribution in [0.1, 0.15) is 11.1 Å². The predicted molar refractivity (Wildman–Crippen MR) is 77.0 cm³/mol. The number of pyridine rings is 1. The maximum atomic E-state index is 8.51. The van der Waals surface area contributed by atoms with Crippen molar-refractivity contribution in [1.29, 1.82) is 0 Å². The number of hydrogen-bond donors (Lipinski definition) is 2. The molecule has 0 amide bonds. The van der Waals surface area contributed by atoms with Gasteiger partial charge in [0.25, 0.3) is 0 Å². The molecule has 0 aliphatic carbocycles. The number of nitrogens with zero attached hydrogens (tertiary/aromatic N) is 2. The standard InChI is InChI=1S/C15H17N3O2/c16-15(18-19)11-13-1-3-14(4-2-13)20-10-7-12-5-8-17-9-6-12/h1-6,8-9,19H,7,10-11H2,(H2,16,18). The van der Waals surface area contributed by atoms with E-state index >= 15 is 0 Å². The first-order valence-corrected chi connectivity index (χ1v) is 6.35. The van der Waals surface area contributed by atoms with Crippen molar-refractivity contribution in [3.63, 3.8) is 0 Å². The first-order valence-electron chi connectivity index (χ1n) is 6.35. The highest BCUT2D eigenvalue weighted by Gasteiger charge is 1.99. The fourth-order valence-corrected chi connectivity index (χ4v) is 1.78. The number of amidine groups is 1. The number of ether oxygens (including phenoxy) is 1. The van der Waals surface area contributed by atoms with Crippen LogP contribution in [-0.2, 0) is 12.8 Å². The molecule has 20 heavy (non-hydrogen) atoms. The number of aromatic nitrogens is 1. The predicted octanol–water partition coefficient (Wildman–Crippen LogP) is 1.99. The molecule has 1 heterocycles. The highest BCUT2D eigenvalue weighted by atomic mass is 16.5. The summed E-state index contributed by atoms with van der Waals surface area (Å²) >= 11 is 0. The topological polar surface area (TPSA) is 80.7 Å². The van der Waals surface area contributed by atoms with Gasteiger partial charge in [0, 0.05) is 25.2 Å². The van der Waals surface area contributed by atoms with Gasteiger partial charge in [-0.25, -0.2) is 0 Å². The van der Waals surface area contributed by atoms with Crippen molar-refractivity contribution >= 4 is 5.84 Å². The third-order valence-corrected chi connectivity index (χ3v) is 2.85. The van der Waals surface area contributed by atoms with E-state index in [0.717, 1.165) is 17.7 Å². The van der Waals surface area contributed by atoms with Gasteiger partial charge in [0.05, 0.1) is 6.61 Å². The molecule has 0 aliphatic rings. The lowest BCUT2D eigenvalue weighted by Crippen LogP contribution is -2.14. The van der Waals surface area contributed by atoms with Gasteiger partial charge in [-0.15, -0.1) is 0 Å². The third kappa shape index (κ3) is 4.28. The number of rotatable bonds is 6. The molecule has 5 nitrogen and oxygen atoms in total. The second kappa shape index (κ2) is 7.13. The smallest absolute Gasteiger partial charge is 0.143 e. The molecule has 0 fully saturated rings. The van der Waals surface area contributed by atoms with Crippen molar-refractivity contribution < 1.29 is 9.94 Å². The van der Waals surface area contributed by atoms with Crippen molar-refractivity contribution in [3.05, 3.63) is 59.9 Å². The summed E-state index contributed by atoms with van der Waals surface area (Å²) in [6.45, 7) is 0.615. The van der Waals surface area contributed by atoms with E-state index in [0.29, 0.717) is 13.0 Å². The molecule has 104 valence electrons. The zero-order chi connectivity index (χ0) is 14.2. The molecule has 1 aromatic carbocycles. The average molecular weight is 271 g/mol. The largest absolute Gasteiger partial charge is 0.493 e. The minimum absolute atomic E-state index is 0.191. The summed E-state index contributed by atoms with van der Waals surface area (Å²) in [4.78, 5) is 3.97. The third-order valence-electron chi connectivity index (χ3n) is 2.85. The summed E-state index contributed by atoms with van der Waals surface area (Å²) in [5.74, 6) is 0.999. The molecule has 0 atom stereocenters. The number of hydrogen-bond acceptors (Lipinski definition) is 4. The Hall–Kier alpha value is -2.56. The SMILES string of the molecule is N/C(Cc1ccc(OCCc2ccncc2)cc1)=N\O. The van der Waals surface area contributed by atoms with Gasteiger partial charge in [-0.3, -0.25) is 4.98 Å². The lowest BCUT2D eigenvalue weighted by Gasteiger charge is -2.07. The van der Waals surface area contributed by atoms with E-state index in [1.807, 2.05) is 36.4 Å². The molecule has 5 heteroatoms. The zero-order valence-electron chi connectivity index (χ0n) is 11.1. The van der Waals surface area contributed by atoms with Crippen molar-refractivity contribution in [2.75, 3.05) is 6.61 Å². The number of nitrogens with two attached hydrogens (primary N) is 1. The van der Waals surface area contributed by atoms with E-state index in [1.54, 1.807) is 12.4 Å². The van der Waals surface area contributed by atoms with Crippen LogP contribution in [0.2, 0.25) is 0 Å². The maximum absolute atomic E-state index is 8.51. The summed E-state index contributed by atoms with van der Waals surface area (Å²) in [5.41, 5.74) is 7.62. The summed E-state index contributed by atoms with van der Waals surface area (Å²) in [6.07, 6.45) is 4.82. The van der Waals surface area contributed by atoms with E-state index in [-0.39, 0.29) is 5.84 Å². The van der Waals surface area contributed by atoms with Crippen LogP contribution in [-0.4, -0.2) is 22.6 Å². The quantitative estimate of drug-likeness (QED) is 0.364. The lowest BCUT2D eigenvalue weighted by atomic mass is 10.1. The van der Waals surface area contributed by atoms with Gasteiger partial charge < -0.3 is 15.7 Å². The van der Waals surface area contributed by atoms with Crippen molar-refractivity contribution in [2.24, 2.45) is 10.9 Å². The molecule has 0 saturated heterocycles. The van der Waals surface area contributed by atoms with Gasteiger partial charge in [-0.05, 0) is 35.4 Å². The Kier molecular flexibility index (Phi) is 4.94. The van der Waals surface area contributed by atoms with Crippen LogP contribution >= 0.6 is 0 Å². The molecule has 0 spiro atoms. The molecule has 0 unspecified atom stereocenters. The van der Waals surface area contributed by atoms with E-state index in [4.69, 9.17) is 15.7 Å². The minimum atomic E-state index is 0.191. The van der Waals surface area contributed by atoms with Gasteiger partial charge >= 0.3 is 0 Å². The number of oxime groups is 1. The first-order chi connectivity index (χ1) is 9.78. The molecule has 1 aromatic heterocycles. The summed E-state index contributed by atoms with van der Waals surface area (Å²) in [5, 5.41) is 11.5. The second-order valence-electron chi connectivity index (χ2n) is 4.37. The Bertz CT molecular complexity index is 553. The Morgan fingerprint density at radius 3 is 2.45 bits per heavy atom. The fourth-order valence-electron chi connectivity index (χ4n) is 1.78. The average Bonchev–Trinajstić information content (AvgIpc) is 2.50. The summed E-state index contributed by atoms with van der Waals surface area (Å²) in [7, 11) is 0. The van der Waals surface area contributed by atoms with Crippen molar-refractivity contribution in [2.45, 2.75) is 12.8 Å². The minimum Gasteiger partial charge on any atom is -0.493 e. The van der Waals surface area contributed by atoms with Crippen molar-refractivity contribution in [3.8, 4) is 5.75 Å². The lowest BCUT2D eigenvalue weighted by molar-refractivity contribution is 0.317. The Morgan fingerprint density at radius 2 is 1.80 bits per heavy atom. The molecule has 2 aromatic rings. The molecule has 0 bridgehead atoms. The molecule has 0 radical (unpaired) electrons. The fraction of sp³-hybridized carbons (Fsp3) is 0.200. The summed E-state index contributed by atoms with van der Waals surface area (Å²) in [6, 6.07) is 11.5. The molecule has 0 aliphatic heterocycles. The molecular formula is C15H17N3O2. The Morgan fingerprint density at radius 1 is 1.10 bits per heavy atom. The maximum Gasteiger partial charge on any atom is 0.143 e. The highest BCUT2D eigenvalue weighted by molar-refractivity contribution is 5.82. The molecule has 3 N–H and O–H groups in total. The van der Waals surface area contributed by atoms with Gasteiger partial charge in [-0.1, -0.05) is 17.3 Å². The van der Waals surface area contributed by atoms with Crippen LogP contribution in [0.5, 0.6) is 5.75 Å². The van der Waals surface area contributed by atoms with Crippen LogP contribution < -0.4 is 10.5 Å². The number of benzene rings is 1. The van der Waals surface area contributed by atoms with Crippen LogP contribution in [0.25, 0.3) is 0 Å². The Labute approximate surface area is 117 Å². The van der Waals surface area contributed by atoms with Crippen LogP contribution in [0.4, 0.5) is 0 Å². The van der Waals surface area contributed by atoms with E-state index in [1.165, 1.54) is 5.56 Å². The van der Waals surface area contributed by atoms with E-state index in [9.17, 15) is 0 Å². The highest BCUT2D eigenvalue weighted by Crippen LogP contribution is 2.13. The monoisotopic (exact) mass is 271 g/mol. The van der Waals surface area contributed by atoms with E-state index in [2.05, 4.69) is 10.1 Å². The van der Waals surface area contributed by atoms with Gasteiger partial charge in [0.15, 0.2) is 0 Å². The van der Waals surface area contributed by atoms with Gasteiger partial charge in [0.1, 0.15) is 11.6 Å². The normalized spacial score (nSPS) is 11.3. The summed E-state index contributed by atoms with van der Waals surface area (Å²) < 4.78 is 5.66.